The summed E-state index contributed by atoms with van der Waals surface area (Å²) in [7, 11) is 0. The van der Waals surface area contributed by atoms with Gasteiger partial charge in [0.2, 0.25) is 16.0 Å². The normalized spacial score (nSPS) is 13.9. The summed E-state index contributed by atoms with van der Waals surface area (Å²) in [4.78, 5) is 23.1. The van der Waals surface area contributed by atoms with E-state index in [0.717, 1.165) is 19.4 Å². The first kappa shape index (κ1) is 13.7. The van der Waals surface area contributed by atoms with E-state index in [9.17, 15) is 9.59 Å². The van der Waals surface area contributed by atoms with Crippen LogP contribution in [0.2, 0.25) is 0 Å². The first-order chi connectivity index (χ1) is 9.20. The number of amides is 2. The van der Waals surface area contributed by atoms with Gasteiger partial charge in [-0.05, 0) is 19.8 Å². The number of nitrogens with one attached hydrogen (secondary N) is 3. The molecule has 0 unspecified atom stereocenters. The Kier molecular flexibility index (Phi) is 4.67. The molecule has 3 N–H and O–H groups in total. The lowest BCUT2D eigenvalue weighted by molar-refractivity contribution is -0.122. The number of carbonyl (C=O) groups excluding carboxylic acids is 2. The van der Waals surface area contributed by atoms with Gasteiger partial charge in [-0.1, -0.05) is 11.3 Å². The molecule has 0 atom stereocenters. The van der Waals surface area contributed by atoms with Gasteiger partial charge < -0.3 is 16.0 Å². The maximum absolute atomic E-state index is 11.7. The molecule has 0 aliphatic heterocycles. The second-order valence-electron chi connectivity index (χ2n) is 4.26. The third-order valence-corrected chi connectivity index (χ3v) is 3.48. The Balaban J connectivity index is 1.66. The molecule has 1 aliphatic carbocycles. The summed E-state index contributed by atoms with van der Waals surface area (Å²) in [5.74, 6) is 0.0171. The lowest BCUT2D eigenvalue weighted by Gasteiger charge is -2.04. The standard InChI is InChI=1S/C11H17N5O2S/c1-2-12-11-16-15-10(19-11)9(18)14-6-5-13-8(17)7-3-4-7/h7H,2-6H2,1H3,(H,12,16)(H,13,17)(H,14,18). The molecule has 0 bridgehead atoms. The molecule has 1 aromatic heterocycles. The van der Waals surface area contributed by atoms with E-state index in [4.69, 9.17) is 0 Å². The second kappa shape index (κ2) is 6.46. The van der Waals surface area contributed by atoms with Crippen LogP contribution < -0.4 is 16.0 Å². The molecule has 19 heavy (non-hydrogen) atoms. The quantitative estimate of drug-likeness (QED) is 0.622. The van der Waals surface area contributed by atoms with Crippen molar-refractivity contribution < 1.29 is 9.59 Å². The van der Waals surface area contributed by atoms with Crippen LogP contribution in [0.1, 0.15) is 29.6 Å². The number of rotatable bonds is 7. The molecule has 2 rings (SSSR count). The van der Waals surface area contributed by atoms with Crippen LogP contribution in [0.15, 0.2) is 0 Å². The zero-order valence-corrected chi connectivity index (χ0v) is 11.5. The van der Waals surface area contributed by atoms with Gasteiger partial charge in [0, 0.05) is 25.6 Å². The summed E-state index contributed by atoms with van der Waals surface area (Å²) < 4.78 is 0. The Morgan fingerprint density at radius 3 is 2.68 bits per heavy atom. The molecule has 0 spiro atoms. The van der Waals surface area contributed by atoms with Crippen molar-refractivity contribution in [2.75, 3.05) is 25.0 Å². The smallest absolute Gasteiger partial charge is 0.282 e. The van der Waals surface area contributed by atoms with Crippen LogP contribution >= 0.6 is 11.3 Å². The SMILES string of the molecule is CCNc1nnc(C(=O)NCCNC(=O)C2CC2)s1. The molecule has 1 aromatic rings. The number of anilines is 1. The van der Waals surface area contributed by atoms with Crippen molar-refractivity contribution in [1.29, 1.82) is 0 Å². The van der Waals surface area contributed by atoms with Crippen molar-refractivity contribution in [2.45, 2.75) is 19.8 Å². The molecule has 0 aromatic carbocycles. The van der Waals surface area contributed by atoms with E-state index in [2.05, 4.69) is 26.1 Å². The Hall–Kier alpha value is -1.70. The Bertz CT molecular complexity index is 458. The minimum Gasteiger partial charge on any atom is -0.360 e. The monoisotopic (exact) mass is 283 g/mol. The summed E-state index contributed by atoms with van der Waals surface area (Å²) in [5.41, 5.74) is 0. The molecule has 2 amide bonds. The number of nitrogens with zero attached hydrogens (tertiary/aromatic N) is 2. The Morgan fingerprint density at radius 1 is 1.26 bits per heavy atom. The molecular weight excluding hydrogens is 266 g/mol. The third-order valence-electron chi connectivity index (χ3n) is 2.61. The van der Waals surface area contributed by atoms with Gasteiger partial charge >= 0.3 is 0 Å². The van der Waals surface area contributed by atoms with Crippen LogP contribution in [-0.4, -0.2) is 41.6 Å². The number of hydrogen-bond acceptors (Lipinski definition) is 6. The van der Waals surface area contributed by atoms with Crippen LogP contribution in [-0.2, 0) is 4.79 Å². The first-order valence-corrected chi connectivity index (χ1v) is 7.15. The molecule has 1 fully saturated rings. The fourth-order valence-corrected chi connectivity index (χ4v) is 2.19. The summed E-state index contributed by atoms with van der Waals surface area (Å²) >= 11 is 1.21. The molecular formula is C11H17N5O2S. The van der Waals surface area contributed by atoms with Crippen LogP contribution in [0.4, 0.5) is 5.13 Å². The van der Waals surface area contributed by atoms with E-state index in [-0.39, 0.29) is 17.7 Å². The predicted octanol–water partition coefficient (Wildman–Crippen LogP) is 0.226. The van der Waals surface area contributed by atoms with Crippen molar-refractivity contribution >= 4 is 28.3 Å². The molecule has 0 radical (unpaired) electrons. The number of hydrogen-bond donors (Lipinski definition) is 3. The summed E-state index contributed by atoms with van der Waals surface area (Å²) in [6, 6.07) is 0. The highest BCUT2D eigenvalue weighted by Crippen LogP contribution is 2.28. The third kappa shape index (κ3) is 4.16. The summed E-state index contributed by atoms with van der Waals surface area (Å²) in [5, 5.41) is 17.1. The molecule has 104 valence electrons. The number of carbonyl (C=O) groups is 2. The van der Waals surface area contributed by atoms with Crippen LogP contribution in [0.3, 0.4) is 0 Å². The van der Waals surface area contributed by atoms with Gasteiger partial charge in [-0.3, -0.25) is 9.59 Å². The topological polar surface area (TPSA) is 96.0 Å². The number of aromatic nitrogens is 2. The van der Waals surface area contributed by atoms with Crippen molar-refractivity contribution in [3.8, 4) is 0 Å². The average Bonchev–Trinajstić information content (AvgIpc) is 3.15. The highest BCUT2D eigenvalue weighted by atomic mass is 32.1. The zero-order valence-electron chi connectivity index (χ0n) is 10.7. The largest absolute Gasteiger partial charge is 0.360 e. The first-order valence-electron chi connectivity index (χ1n) is 6.34. The Labute approximate surface area is 115 Å². The van der Waals surface area contributed by atoms with Crippen LogP contribution in [0.25, 0.3) is 0 Å². The maximum Gasteiger partial charge on any atom is 0.282 e. The van der Waals surface area contributed by atoms with Crippen LogP contribution in [0.5, 0.6) is 0 Å². The average molecular weight is 283 g/mol. The summed E-state index contributed by atoms with van der Waals surface area (Å²) in [6.45, 7) is 3.53. The molecule has 8 heteroatoms. The molecule has 7 nitrogen and oxygen atoms in total. The van der Waals surface area contributed by atoms with Gasteiger partial charge in [-0.25, -0.2) is 0 Å². The van der Waals surface area contributed by atoms with Crippen molar-refractivity contribution in [1.82, 2.24) is 20.8 Å². The van der Waals surface area contributed by atoms with Gasteiger partial charge in [-0.2, -0.15) is 0 Å². The van der Waals surface area contributed by atoms with Gasteiger partial charge in [-0.15, -0.1) is 10.2 Å². The van der Waals surface area contributed by atoms with Crippen molar-refractivity contribution in [3.05, 3.63) is 5.01 Å². The lowest BCUT2D eigenvalue weighted by atomic mass is 10.4. The molecule has 1 aliphatic rings. The van der Waals surface area contributed by atoms with Gasteiger partial charge in [0.1, 0.15) is 0 Å². The van der Waals surface area contributed by atoms with E-state index in [0.29, 0.717) is 23.2 Å². The van der Waals surface area contributed by atoms with Crippen LogP contribution in [0, 0.1) is 5.92 Å². The van der Waals surface area contributed by atoms with Gasteiger partial charge in [0.15, 0.2) is 0 Å². The van der Waals surface area contributed by atoms with E-state index in [1.807, 2.05) is 6.92 Å². The fraction of sp³-hybridized carbons (Fsp3) is 0.636. The van der Waals surface area contributed by atoms with E-state index < -0.39 is 0 Å². The van der Waals surface area contributed by atoms with E-state index >= 15 is 0 Å². The lowest BCUT2D eigenvalue weighted by Crippen LogP contribution is -2.35. The second-order valence-corrected chi connectivity index (χ2v) is 5.24. The van der Waals surface area contributed by atoms with Crippen molar-refractivity contribution in [3.63, 3.8) is 0 Å². The van der Waals surface area contributed by atoms with E-state index in [1.165, 1.54) is 11.3 Å². The maximum atomic E-state index is 11.7. The predicted molar refractivity (Wildman–Crippen MR) is 72.1 cm³/mol. The minimum absolute atomic E-state index is 0.0830. The molecule has 1 heterocycles. The minimum atomic E-state index is -0.262. The fourth-order valence-electron chi connectivity index (χ4n) is 1.46. The van der Waals surface area contributed by atoms with E-state index in [1.54, 1.807) is 0 Å². The van der Waals surface area contributed by atoms with Gasteiger partial charge in [0.05, 0.1) is 0 Å². The highest BCUT2D eigenvalue weighted by Gasteiger charge is 2.29. The Morgan fingerprint density at radius 2 is 2.00 bits per heavy atom. The molecule has 1 saturated carbocycles. The highest BCUT2D eigenvalue weighted by molar-refractivity contribution is 7.17. The zero-order chi connectivity index (χ0) is 13.7. The van der Waals surface area contributed by atoms with Crippen molar-refractivity contribution in [2.24, 2.45) is 5.92 Å². The van der Waals surface area contributed by atoms with Gasteiger partial charge in [0.25, 0.3) is 5.91 Å². The molecule has 0 saturated heterocycles. The summed E-state index contributed by atoms with van der Waals surface area (Å²) in [6.07, 6.45) is 1.96.